The number of fused-ring (bicyclic) bond motifs is 1. The minimum Gasteiger partial charge on any atom is -0.463 e. The summed E-state index contributed by atoms with van der Waals surface area (Å²) in [5.41, 5.74) is 4.01. The number of nitrogens with two attached hydrogens (primary N) is 1. The highest BCUT2D eigenvalue weighted by Crippen LogP contribution is 2.42. The fraction of sp³-hybridized carbons (Fsp3) is 0.621. The molecule has 1 saturated carbocycles. The summed E-state index contributed by atoms with van der Waals surface area (Å²) in [6, 6.07) is 3.83. The predicted molar refractivity (Wildman–Crippen MR) is 153 cm³/mol. The van der Waals surface area contributed by atoms with E-state index in [2.05, 4.69) is 20.1 Å². The molecule has 1 saturated heterocycles. The molecule has 2 aromatic heterocycles. The molecule has 244 valence electrons. The molecule has 0 spiro atoms. The van der Waals surface area contributed by atoms with Crippen molar-refractivity contribution in [2.45, 2.75) is 89.3 Å². The quantitative estimate of drug-likeness (QED) is 0.182. The van der Waals surface area contributed by atoms with Gasteiger partial charge < -0.3 is 34.5 Å². The van der Waals surface area contributed by atoms with E-state index >= 15 is 0 Å². The molecule has 16 nitrogen and oxygen atoms in total. The first-order valence-electron chi connectivity index (χ1n) is 14.8. The van der Waals surface area contributed by atoms with Crippen LogP contribution in [0.3, 0.4) is 0 Å². The number of anilines is 1. The molecular formula is C29H38N6O10. The average molecular weight is 631 g/mol. The Morgan fingerprint density at radius 3 is 2.60 bits per heavy atom. The molecule has 1 amide bonds. The number of carbonyl (C=O) groups excluding carboxylic acids is 4. The minimum atomic E-state index is -2.17. The number of nitrogens with zero attached hydrogens (tertiary/aromatic N) is 4. The minimum absolute atomic E-state index is 0.0106. The Labute approximate surface area is 259 Å². The number of esters is 3. The Morgan fingerprint density at radius 2 is 1.93 bits per heavy atom. The Morgan fingerprint density at radius 1 is 1.20 bits per heavy atom. The summed E-state index contributed by atoms with van der Waals surface area (Å²) < 4.78 is 27.8. The van der Waals surface area contributed by atoms with Crippen LogP contribution >= 0.6 is 0 Å². The third kappa shape index (κ3) is 7.67. The van der Waals surface area contributed by atoms with Gasteiger partial charge in [-0.15, -0.1) is 0 Å². The topological polar surface area (TPSA) is 227 Å². The van der Waals surface area contributed by atoms with Crippen molar-refractivity contribution < 1.29 is 48.0 Å². The molecule has 2 fully saturated rings. The first kappa shape index (κ1) is 33.6. The summed E-state index contributed by atoms with van der Waals surface area (Å²) in [6.07, 6.45) is 0.969. The summed E-state index contributed by atoms with van der Waals surface area (Å²) >= 11 is 0. The molecule has 0 aromatic carbocycles. The predicted octanol–water partition coefficient (Wildman–Crippen LogP) is 1.69. The van der Waals surface area contributed by atoms with Gasteiger partial charge in [-0.2, -0.15) is 10.4 Å². The van der Waals surface area contributed by atoms with Crippen molar-refractivity contribution in [2.24, 2.45) is 17.6 Å². The zero-order chi connectivity index (χ0) is 32.7. The molecule has 5 atom stereocenters. The van der Waals surface area contributed by atoms with E-state index in [9.17, 15) is 29.5 Å². The Hall–Kier alpha value is -4.33. The van der Waals surface area contributed by atoms with E-state index in [1.807, 2.05) is 6.07 Å². The fourth-order valence-corrected chi connectivity index (χ4v) is 5.40. The average Bonchev–Trinajstić information content (AvgIpc) is 3.56. The Balaban J connectivity index is 1.59. The lowest BCUT2D eigenvalue weighted by Crippen LogP contribution is -2.46. The molecule has 4 N–H and O–H groups in total. The van der Waals surface area contributed by atoms with Gasteiger partial charge in [0.2, 0.25) is 12.4 Å². The number of ether oxygens (including phenoxy) is 5. The van der Waals surface area contributed by atoms with Gasteiger partial charge in [0.1, 0.15) is 42.8 Å². The van der Waals surface area contributed by atoms with Crippen molar-refractivity contribution >= 4 is 35.3 Å². The van der Waals surface area contributed by atoms with E-state index in [1.165, 1.54) is 16.6 Å². The number of aliphatic hydroxyl groups excluding tert-OH is 1. The normalized spacial score (nSPS) is 24.1. The number of rotatable bonds is 11. The molecule has 0 bridgehead atoms. The molecule has 2 aliphatic rings. The standard InChI is InChI=1S/C29H38N6O10/c1-16(2)23(31)27(39)44-24-20(12-41-22(37)11-18-7-5-4-6-8-18)45-29(13-30,25(24)38)21-10-9-19-26(32-14-33-35(19)21)34-28(40)43-15-42-17(3)36/h9-10,14,16,18,20,23-25,38H,4-8,11-12,15,31H2,1-3H3,(H,32,33,34,40)/t20-,23+,24-,25-,29+/m1/s1. The molecule has 45 heavy (non-hydrogen) atoms. The first-order chi connectivity index (χ1) is 21.5. The molecule has 0 radical (unpaired) electrons. The van der Waals surface area contributed by atoms with Crippen LogP contribution in [0, 0.1) is 23.2 Å². The van der Waals surface area contributed by atoms with E-state index in [-0.39, 0.29) is 35.3 Å². The van der Waals surface area contributed by atoms with Crippen molar-refractivity contribution in [1.29, 1.82) is 5.26 Å². The van der Waals surface area contributed by atoms with Gasteiger partial charge in [0.25, 0.3) is 0 Å². The van der Waals surface area contributed by atoms with Crippen molar-refractivity contribution in [3.8, 4) is 6.07 Å². The molecular weight excluding hydrogens is 592 g/mol. The molecule has 1 aliphatic heterocycles. The van der Waals surface area contributed by atoms with Gasteiger partial charge in [-0.1, -0.05) is 33.1 Å². The van der Waals surface area contributed by atoms with Gasteiger partial charge in [0.05, 0.1) is 5.69 Å². The van der Waals surface area contributed by atoms with Crippen LogP contribution in [0.25, 0.3) is 5.52 Å². The van der Waals surface area contributed by atoms with Crippen LogP contribution < -0.4 is 11.1 Å². The molecule has 1 aliphatic carbocycles. The van der Waals surface area contributed by atoms with E-state index in [1.54, 1.807) is 13.8 Å². The second-order valence-electron chi connectivity index (χ2n) is 11.4. The zero-order valence-corrected chi connectivity index (χ0v) is 25.3. The van der Waals surface area contributed by atoms with E-state index in [0.717, 1.165) is 45.4 Å². The van der Waals surface area contributed by atoms with E-state index in [0.29, 0.717) is 0 Å². The lowest BCUT2D eigenvalue weighted by atomic mass is 9.87. The SMILES string of the molecule is CC(=O)OCOC(=O)Nc1ncnn2c([C@]3(C#N)O[C@H](COC(=O)CC4CCCCC4)[C@@H](OC(=O)[C@@H](N)C(C)C)[C@H]3O)ccc12. The third-order valence-corrected chi connectivity index (χ3v) is 7.93. The summed E-state index contributed by atoms with van der Waals surface area (Å²) in [5.74, 6) is -2.05. The van der Waals surface area contributed by atoms with E-state index in [4.69, 9.17) is 24.7 Å². The number of nitrogens with one attached hydrogen (secondary N) is 1. The number of nitriles is 1. The van der Waals surface area contributed by atoms with Crippen molar-refractivity contribution in [2.75, 3.05) is 18.7 Å². The van der Waals surface area contributed by atoms with Crippen LogP contribution in [0.15, 0.2) is 18.5 Å². The molecule has 0 unspecified atom stereocenters. The highest BCUT2D eigenvalue weighted by Gasteiger charge is 2.60. The summed E-state index contributed by atoms with van der Waals surface area (Å²) in [4.78, 5) is 52.7. The van der Waals surface area contributed by atoms with Crippen molar-refractivity contribution in [1.82, 2.24) is 14.6 Å². The number of aromatic nitrogens is 3. The summed E-state index contributed by atoms with van der Waals surface area (Å²) in [6.45, 7) is 3.57. The maximum atomic E-state index is 12.9. The largest absolute Gasteiger partial charge is 0.463 e. The molecule has 4 rings (SSSR count). The third-order valence-electron chi connectivity index (χ3n) is 7.93. The van der Waals surface area contributed by atoms with Crippen LogP contribution in [-0.2, 0) is 43.7 Å². The monoisotopic (exact) mass is 630 g/mol. The highest BCUT2D eigenvalue weighted by atomic mass is 16.7. The maximum Gasteiger partial charge on any atom is 0.415 e. The smallest absolute Gasteiger partial charge is 0.415 e. The maximum absolute atomic E-state index is 12.9. The second kappa shape index (κ2) is 14.6. The molecule has 16 heteroatoms. The van der Waals surface area contributed by atoms with Crippen LogP contribution in [-0.4, -0.2) is 81.5 Å². The van der Waals surface area contributed by atoms with Gasteiger partial charge in [-0.05, 0) is 36.8 Å². The van der Waals surface area contributed by atoms with Crippen LogP contribution in [0.5, 0.6) is 0 Å². The van der Waals surface area contributed by atoms with Gasteiger partial charge in [-0.25, -0.2) is 14.3 Å². The molecule has 3 heterocycles. The Kier molecular flexibility index (Phi) is 10.9. The number of aliphatic hydroxyl groups is 1. The number of hydrogen-bond acceptors (Lipinski definition) is 14. The first-order valence-corrected chi connectivity index (χ1v) is 14.8. The van der Waals surface area contributed by atoms with Crippen LogP contribution in [0.4, 0.5) is 10.6 Å². The van der Waals surface area contributed by atoms with Gasteiger partial charge in [-0.3, -0.25) is 19.7 Å². The van der Waals surface area contributed by atoms with Gasteiger partial charge >= 0.3 is 24.0 Å². The van der Waals surface area contributed by atoms with Crippen molar-refractivity contribution in [3.63, 3.8) is 0 Å². The number of amides is 1. The zero-order valence-electron chi connectivity index (χ0n) is 25.3. The number of carbonyl (C=O) groups is 4. The Bertz CT molecular complexity index is 1430. The fourth-order valence-electron chi connectivity index (χ4n) is 5.40. The van der Waals surface area contributed by atoms with Crippen molar-refractivity contribution in [3.05, 3.63) is 24.2 Å². The van der Waals surface area contributed by atoms with Gasteiger partial charge in [0.15, 0.2) is 11.9 Å². The summed E-state index contributed by atoms with van der Waals surface area (Å²) in [7, 11) is 0. The number of hydrogen-bond donors (Lipinski definition) is 3. The molecule has 2 aromatic rings. The lowest BCUT2D eigenvalue weighted by Gasteiger charge is -2.25. The highest BCUT2D eigenvalue weighted by molar-refractivity contribution is 5.88. The second-order valence-corrected chi connectivity index (χ2v) is 11.4. The van der Waals surface area contributed by atoms with Crippen LogP contribution in [0.2, 0.25) is 0 Å². The lowest BCUT2D eigenvalue weighted by molar-refractivity contribution is -0.162. The van der Waals surface area contributed by atoms with Crippen LogP contribution in [0.1, 0.15) is 65.0 Å². The van der Waals surface area contributed by atoms with E-state index < -0.39 is 67.4 Å². The van der Waals surface area contributed by atoms with Gasteiger partial charge in [0, 0.05) is 13.3 Å². The summed E-state index contributed by atoms with van der Waals surface area (Å²) in [5, 5.41) is 28.5.